The minimum absolute atomic E-state index is 0.536. The van der Waals surface area contributed by atoms with Gasteiger partial charge in [0, 0.05) is 11.6 Å². The summed E-state index contributed by atoms with van der Waals surface area (Å²) < 4.78 is 5.06. The van der Waals surface area contributed by atoms with Gasteiger partial charge in [-0.3, -0.25) is 0 Å². The van der Waals surface area contributed by atoms with Crippen LogP contribution < -0.4 is 4.74 Å². The van der Waals surface area contributed by atoms with Crippen molar-refractivity contribution in [2.75, 3.05) is 7.11 Å². The summed E-state index contributed by atoms with van der Waals surface area (Å²) in [4.78, 5) is 4.29. The highest BCUT2D eigenvalue weighted by molar-refractivity contribution is 6.39. The number of aromatic nitrogens is 1. The molecular weight excluding hydrogens is 245 g/mol. The van der Waals surface area contributed by atoms with Crippen molar-refractivity contribution in [3.63, 3.8) is 0 Å². The lowest BCUT2D eigenvalue weighted by Gasteiger charge is -2.07. The van der Waals surface area contributed by atoms with Crippen molar-refractivity contribution >= 4 is 23.2 Å². The van der Waals surface area contributed by atoms with E-state index in [2.05, 4.69) is 4.98 Å². The van der Waals surface area contributed by atoms with Gasteiger partial charge in [-0.15, -0.1) is 0 Å². The van der Waals surface area contributed by atoms with Crippen LogP contribution >= 0.6 is 23.2 Å². The summed E-state index contributed by atoms with van der Waals surface area (Å²) >= 11 is 12.2. The largest absolute Gasteiger partial charge is 0.481 e. The number of ether oxygens (including phenoxy) is 1. The SMILES string of the molecule is COc1cccc(-c2c(Cl)cccc2Cl)n1. The molecule has 0 N–H and O–H groups in total. The Balaban J connectivity index is 2.58. The maximum absolute atomic E-state index is 6.09. The molecule has 0 aliphatic heterocycles. The third-order valence-corrected chi connectivity index (χ3v) is 2.78. The summed E-state index contributed by atoms with van der Waals surface area (Å²) in [5.41, 5.74) is 1.43. The molecule has 2 aromatic rings. The van der Waals surface area contributed by atoms with Gasteiger partial charge in [0.05, 0.1) is 22.8 Å². The molecule has 0 saturated carbocycles. The molecule has 1 heterocycles. The molecule has 82 valence electrons. The van der Waals surface area contributed by atoms with E-state index in [1.807, 2.05) is 12.1 Å². The highest BCUT2D eigenvalue weighted by Gasteiger charge is 2.09. The zero-order chi connectivity index (χ0) is 11.5. The normalized spacial score (nSPS) is 10.2. The standard InChI is InChI=1S/C12H9Cl2NO/c1-16-11-7-3-6-10(15-11)12-8(13)4-2-5-9(12)14/h2-7H,1H3. The first-order valence-electron chi connectivity index (χ1n) is 4.68. The first-order chi connectivity index (χ1) is 7.72. The minimum atomic E-state index is 0.536. The predicted molar refractivity (Wildman–Crippen MR) is 66.2 cm³/mol. The highest BCUT2D eigenvalue weighted by atomic mass is 35.5. The van der Waals surface area contributed by atoms with Crippen molar-refractivity contribution in [3.05, 3.63) is 46.4 Å². The molecule has 0 aliphatic carbocycles. The average molecular weight is 254 g/mol. The summed E-state index contributed by atoms with van der Waals surface area (Å²) in [6.45, 7) is 0. The molecule has 0 amide bonds. The van der Waals surface area contributed by atoms with Gasteiger partial charge in [-0.1, -0.05) is 35.3 Å². The molecule has 1 aromatic heterocycles. The number of hydrogen-bond acceptors (Lipinski definition) is 2. The van der Waals surface area contributed by atoms with Crippen LogP contribution in [-0.4, -0.2) is 12.1 Å². The van der Waals surface area contributed by atoms with Crippen LogP contribution in [0.25, 0.3) is 11.3 Å². The van der Waals surface area contributed by atoms with E-state index in [1.165, 1.54) is 0 Å². The Labute approximate surface area is 104 Å². The minimum Gasteiger partial charge on any atom is -0.481 e. The van der Waals surface area contributed by atoms with Gasteiger partial charge in [-0.05, 0) is 18.2 Å². The Bertz CT molecular complexity index is 494. The number of hydrogen-bond donors (Lipinski definition) is 0. The Hall–Kier alpha value is -1.25. The fraction of sp³-hybridized carbons (Fsp3) is 0.0833. The molecule has 0 aliphatic rings. The van der Waals surface area contributed by atoms with Gasteiger partial charge in [0.25, 0.3) is 0 Å². The zero-order valence-corrected chi connectivity index (χ0v) is 10.1. The molecule has 0 fully saturated rings. The molecule has 0 spiro atoms. The molecule has 1 aromatic carbocycles. The van der Waals surface area contributed by atoms with Crippen LogP contribution in [0.15, 0.2) is 36.4 Å². The van der Waals surface area contributed by atoms with E-state index in [9.17, 15) is 0 Å². The topological polar surface area (TPSA) is 22.1 Å². The van der Waals surface area contributed by atoms with Gasteiger partial charge in [0.15, 0.2) is 0 Å². The Kier molecular flexibility index (Phi) is 3.32. The number of pyridine rings is 1. The van der Waals surface area contributed by atoms with Crippen LogP contribution in [0.2, 0.25) is 10.0 Å². The summed E-state index contributed by atoms with van der Waals surface area (Å²) in [6.07, 6.45) is 0. The van der Waals surface area contributed by atoms with Gasteiger partial charge in [0.1, 0.15) is 0 Å². The quantitative estimate of drug-likeness (QED) is 0.806. The van der Waals surface area contributed by atoms with E-state index < -0.39 is 0 Å². The third-order valence-electron chi connectivity index (χ3n) is 2.15. The summed E-state index contributed by atoms with van der Waals surface area (Å²) in [5, 5.41) is 1.15. The maximum Gasteiger partial charge on any atom is 0.213 e. The van der Waals surface area contributed by atoms with Crippen LogP contribution in [0, 0.1) is 0 Å². The lowest BCUT2D eigenvalue weighted by Crippen LogP contribution is -1.90. The van der Waals surface area contributed by atoms with Crippen molar-refractivity contribution in [1.29, 1.82) is 0 Å². The van der Waals surface area contributed by atoms with Crippen molar-refractivity contribution in [2.24, 2.45) is 0 Å². The predicted octanol–water partition coefficient (Wildman–Crippen LogP) is 4.06. The van der Waals surface area contributed by atoms with Gasteiger partial charge in [0.2, 0.25) is 5.88 Å². The number of methoxy groups -OCH3 is 1. The molecule has 2 nitrogen and oxygen atoms in total. The first-order valence-corrected chi connectivity index (χ1v) is 5.43. The van der Waals surface area contributed by atoms with Gasteiger partial charge >= 0.3 is 0 Å². The van der Waals surface area contributed by atoms with E-state index in [4.69, 9.17) is 27.9 Å². The van der Waals surface area contributed by atoms with E-state index in [0.717, 1.165) is 5.56 Å². The Morgan fingerprint density at radius 3 is 2.25 bits per heavy atom. The molecule has 4 heteroatoms. The lowest BCUT2D eigenvalue weighted by molar-refractivity contribution is 0.398. The fourth-order valence-corrected chi connectivity index (χ4v) is 2.00. The summed E-state index contributed by atoms with van der Waals surface area (Å²) in [5.74, 6) is 0.536. The van der Waals surface area contributed by atoms with Crippen molar-refractivity contribution in [2.45, 2.75) is 0 Å². The smallest absolute Gasteiger partial charge is 0.213 e. The van der Waals surface area contributed by atoms with E-state index in [-0.39, 0.29) is 0 Å². The second kappa shape index (κ2) is 4.73. The number of rotatable bonds is 2. The fourth-order valence-electron chi connectivity index (χ4n) is 1.41. The second-order valence-electron chi connectivity index (χ2n) is 3.16. The maximum atomic E-state index is 6.09. The molecule has 16 heavy (non-hydrogen) atoms. The molecular formula is C12H9Cl2NO. The second-order valence-corrected chi connectivity index (χ2v) is 3.98. The average Bonchev–Trinajstić information content (AvgIpc) is 2.29. The van der Waals surface area contributed by atoms with E-state index >= 15 is 0 Å². The van der Waals surface area contributed by atoms with Gasteiger partial charge in [-0.25, -0.2) is 4.98 Å². The monoisotopic (exact) mass is 253 g/mol. The zero-order valence-electron chi connectivity index (χ0n) is 8.58. The number of nitrogens with zero attached hydrogens (tertiary/aromatic N) is 1. The van der Waals surface area contributed by atoms with Crippen LogP contribution in [0.5, 0.6) is 5.88 Å². The molecule has 0 bridgehead atoms. The third kappa shape index (κ3) is 2.13. The molecule has 0 saturated heterocycles. The molecule has 0 radical (unpaired) electrons. The van der Waals surface area contributed by atoms with Crippen LogP contribution in [0.1, 0.15) is 0 Å². The van der Waals surface area contributed by atoms with E-state index in [0.29, 0.717) is 21.6 Å². The Morgan fingerprint density at radius 1 is 1.00 bits per heavy atom. The van der Waals surface area contributed by atoms with Crippen LogP contribution in [-0.2, 0) is 0 Å². The molecule has 0 unspecified atom stereocenters. The van der Waals surface area contributed by atoms with Crippen molar-refractivity contribution < 1.29 is 4.74 Å². The first kappa shape index (κ1) is 11.2. The Morgan fingerprint density at radius 2 is 1.62 bits per heavy atom. The number of halogens is 2. The number of benzene rings is 1. The van der Waals surface area contributed by atoms with Gasteiger partial charge < -0.3 is 4.74 Å². The molecule has 0 atom stereocenters. The van der Waals surface area contributed by atoms with Crippen LogP contribution in [0.4, 0.5) is 0 Å². The van der Waals surface area contributed by atoms with Gasteiger partial charge in [-0.2, -0.15) is 0 Å². The van der Waals surface area contributed by atoms with E-state index in [1.54, 1.807) is 31.4 Å². The molecule has 2 rings (SSSR count). The lowest BCUT2D eigenvalue weighted by atomic mass is 10.1. The van der Waals surface area contributed by atoms with Crippen molar-refractivity contribution in [1.82, 2.24) is 4.98 Å². The summed E-state index contributed by atoms with van der Waals surface area (Å²) in [7, 11) is 1.57. The highest BCUT2D eigenvalue weighted by Crippen LogP contribution is 2.33. The van der Waals surface area contributed by atoms with Crippen molar-refractivity contribution in [3.8, 4) is 17.1 Å². The summed E-state index contributed by atoms with van der Waals surface area (Å²) in [6, 6.07) is 10.8. The van der Waals surface area contributed by atoms with Crippen LogP contribution in [0.3, 0.4) is 0 Å².